The normalized spacial score (nSPS) is 16.1. The third-order valence-corrected chi connectivity index (χ3v) is 4.77. The molecule has 7 nitrogen and oxygen atoms in total. The van der Waals surface area contributed by atoms with Crippen LogP contribution in [0.2, 0.25) is 0 Å². The van der Waals surface area contributed by atoms with Crippen molar-refractivity contribution < 1.29 is 14.3 Å². The standard InChI is InChI=1S/C20H23N3O4/c1-14-18(19(25)23(22(14)2)16-11-7-4-8-12-16)21-17(24)13-27-20(26)15-9-5-3-6-10-15/h3-5,7-8,11-12,15H,6,9-10,13H2,1-2H3,(H,21,24)/t15-/m0/s1. The van der Waals surface area contributed by atoms with Gasteiger partial charge in [0.15, 0.2) is 6.61 Å². The minimum atomic E-state index is -0.527. The molecule has 1 aliphatic rings. The summed E-state index contributed by atoms with van der Waals surface area (Å²) in [5.74, 6) is -1.10. The molecule has 1 amide bonds. The van der Waals surface area contributed by atoms with Gasteiger partial charge in [0.25, 0.3) is 11.5 Å². The molecule has 142 valence electrons. The number of benzene rings is 1. The van der Waals surface area contributed by atoms with Crippen molar-refractivity contribution in [3.63, 3.8) is 0 Å². The second-order valence-corrected chi connectivity index (χ2v) is 6.57. The highest BCUT2D eigenvalue weighted by atomic mass is 16.5. The fourth-order valence-electron chi connectivity index (χ4n) is 3.15. The summed E-state index contributed by atoms with van der Waals surface area (Å²) in [6.45, 7) is 1.34. The lowest BCUT2D eigenvalue weighted by Crippen LogP contribution is -2.27. The second-order valence-electron chi connectivity index (χ2n) is 6.57. The Labute approximate surface area is 157 Å². The number of aromatic nitrogens is 2. The van der Waals surface area contributed by atoms with Gasteiger partial charge < -0.3 is 10.1 Å². The fourth-order valence-corrected chi connectivity index (χ4v) is 3.15. The lowest BCUT2D eigenvalue weighted by atomic mass is 9.95. The molecule has 0 radical (unpaired) electrons. The molecule has 3 rings (SSSR count). The lowest BCUT2D eigenvalue weighted by Gasteiger charge is -2.16. The maximum absolute atomic E-state index is 12.7. The number of para-hydroxylation sites is 1. The first kappa shape index (κ1) is 18.7. The average Bonchev–Trinajstić information content (AvgIpc) is 2.90. The third-order valence-electron chi connectivity index (χ3n) is 4.77. The second kappa shape index (κ2) is 8.07. The maximum Gasteiger partial charge on any atom is 0.309 e. The van der Waals surface area contributed by atoms with E-state index in [1.165, 1.54) is 4.68 Å². The molecule has 0 spiro atoms. The molecule has 7 heteroatoms. The zero-order valence-electron chi connectivity index (χ0n) is 15.5. The van der Waals surface area contributed by atoms with Crippen LogP contribution in [-0.2, 0) is 21.4 Å². The van der Waals surface area contributed by atoms with Crippen LogP contribution in [0.1, 0.15) is 25.0 Å². The van der Waals surface area contributed by atoms with Crippen LogP contribution in [0.15, 0.2) is 47.3 Å². The molecule has 1 aromatic carbocycles. The largest absolute Gasteiger partial charge is 0.455 e. The monoisotopic (exact) mass is 369 g/mol. The molecule has 0 saturated heterocycles. The van der Waals surface area contributed by atoms with Crippen molar-refractivity contribution in [3.8, 4) is 5.69 Å². The predicted molar refractivity (Wildman–Crippen MR) is 102 cm³/mol. The Morgan fingerprint density at radius 3 is 2.63 bits per heavy atom. The number of amides is 1. The summed E-state index contributed by atoms with van der Waals surface area (Å²) in [5, 5.41) is 2.58. The van der Waals surface area contributed by atoms with E-state index in [0.717, 1.165) is 12.8 Å². The average molecular weight is 369 g/mol. The molecular weight excluding hydrogens is 346 g/mol. The van der Waals surface area contributed by atoms with Gasteiger partial charge in [-0.05, 0) is 38.3 Å². The highest BCUT2D eigenvalue weighted by molar-refractivity contribution is 5.93. The number of allylic oxidation sites excluding steroid dienone is 2. The Kier molecular flexibility index (Phi) is 5.59. The van der Waals surface area contributed by atoms with E-state index in [4.69, 9.17) is 4.74 Å². The van der Waals surface area contributed by atoms with E-state index in [0.29, 0.717) is 17.8 Å². The van der Waals surface area contributed by atoms with Crippen molar-refractivity contribution in [1.29, 1.82) is 0 Å². The van der Waals surface area contributed by atoms with E-state index in [1.54, 1.807) is 18.7 Å². The fraction of sp³-hybridized carbons (Fsp3) is 0.350. The Hall–Kier alpha value is -3.09. The van der Waals surface area contributed by atoms with Crippen LogP contribution >= 0.6 is 0 Å². The molecule has 0 fully saturated rings. The van der Waals surface area contributed by atoms with Crippen molar-refractivity contribution in [2.75, 3.05) is 11.9 Å². The number of hydrogen-bond acceptors (Lipinski definition) is 4. The molecule has 1 heterocycles. The van der Waals surface area contributed by atoms with E-state index >= 15 is 0 Å². The van der Waals surface area contributed by atoms with Gasteiger partial charge in [-0.3, -0.25) is 19.1 Å². The molecule has 0 aliphatic heterocycles. The summed E-state index contributed by atoms with van der Waals surface area (Å²) in [7, 11) is 1.75. The van der Waals surface area contributed by atoms with E-state index in [9.17, 15) is 14.4 Å². The summed E-state index contributed by atoms with van der Waals surface area (Å²) in [4.78, 5) is 37.0. The lowest BCUT2D eigenvalue weighted by molar-refractivity contribution is -0.151. The van der Waals surface area contributed by atoms with Crippen molar-refractivity contribution >= 4 is 17.6 Å². The Bertz CT molecular complexity index is 925. The molecule has 1 aliphatic carbocycles. The minimum Gasteiger partial charge on any atom is -0.455 e. The van der Waals surface area contributed by atoms with E-state index in [2.05, 4.69) is 5.32 Å². The van der Waals surface area contributed by atoms with Crippen molar-refractivity contribution in [1.82, 2.24) is 9.36 Å². The molecule has 2 aromatic rings. The number of anilines is 1. The van der Waals surface area contributed by atoms with E-state index < -0.39 is 12.5 Å². The van der Waals surface area contributed by atoms with Crippen LogP contribution in [0, 0.1) is 12.8 Å². The third kappa shape index (κ3) is 4.02. The topological polar surface area (TPSA) is 82.3 Å². The van der Waals surface area contributed by atoms with Crippen LogP contribution in [0.4, 0.5) is 5.69 Å². The summed E-state index contributed by atoms with van der Waals surface area (Å²) in [5.41, 5.74) is 1.16. The van der Waals surface area contributed by atoms with Crippen LogP contribution in [0.3, 0.4) is 0 Å². The molecule has 1 atom stereocenters. The highest BCUT2D eigenvalue weighted by Gasteiger charge is 2.22. The van der Waals surface area contributed by atoms with Gasteiger partial charge in [0.1, 0.15) is 5.69 Å². The van der Waals surface area contributed by atoms with Crippen LogP contribution in [-0.4, -0.2) is 27.8 Å². The maximum atomic E-state index is 12.7. The minimum absolute atomic E-state index is 0.183. The van der Waals surface area contributed by atoms with Crippen LogP contribution in [0.25, 0.3) is 5.69 Å². The van der Waals surface area contributed by atoms with Gasteiger partial charge in [-0.15, -0.1) is 0 Å². The number of carbonyl (C=O) groups excluding carboxylic acids is 2. The first-order valence-electron chi connectivity index (χ1n) is 8.94. The van der Waals surface area contributed by atoms with Crippen molar-refractivity contribution in [3.05, 3.63) is 58.5 Å². The van der Waals surface area contributed by atoms with Gasteiger partial charge >= 0.3 is 5.97 Å². The zero-order valence-corrected chi connectivity index (χ0v) is 15.5. The number of carbonyl (C=O) groups is 2. The Balaban J connectivity index is 1.69. The number of rotatable bonds is 5. The first-order valence-corrected chi connectivity index (χ1v) is 8.94. The smallest absolute Gasteiger partial charge is 0.309 e. The van der Waals surface area contributed by atoms with E-state index in [-0.39, 0.29) is 23.1 Å². The number of hydrogen-bond donors (Lipinski definition) is 1. The van der Waals surface area contributed by atoms with Gasteiger partial charge in [-0.1, -0.05) is 30.4 Å². The molecule has 27 heavy (non-hydrogen) atoms. The summed E-state index contributed by atoms with van der Waals surface area (Å²) in [6.07, 6.45) is 6.20. The van der Waals surface area contributed by atoms with Gasteiger partial charge in [-0.25, -0.2) is 4.68 Å². The number of esters is 1. The molecule has 1 N–H and O–H groups in total. The predicted octanol–water partition coefficient (Wildman–Crippen LogP) is 2.32. The Morgan fingerprint density at radius 1 is 1.22 bits per heavy atom. The SMILES string of the molecule is Cc1c(NC(=O)COC(=O)[C@H]2CC=CCC2)c(=O)n(-c2ccccc2)n1C. The number of nitrogens with one attached hydrogen (secondary N) is 1. The number of ether oxygens (including phenoxy) is 1. The number of nitrogens with zero attached hydrogens (tertiary/aromatic N) is 2. The molecule has 0 unspecified atom stereocenters. The Morgan fingerprint density at radius 2 is 1.96 bits per heavy atom. The highest BCUT2D eigenvalue weighted by Crippen LogP contribution is 2.19. The van der Waals surface area contributed by atoms with Gasteiger partial charge in [0, 0.05) is 7.05 Å². The first-order chi connectivity index (χ1) is 13.0. The van der Waals surface area contributed by atoms with Crippen molar-refractivity contribution in [2.24, 2.45) is 13.0 Å². The van der Waals surface area contributed by atoms with E-state index in [1.807, 2.05) is 42.5 Å². The summed E-state index contributed by atoms with van der Waals surface area (Å²) >= 11 is 0. The van der Waals surface area contributed by atoms with Crippen LogP contribution < -0.4 is 10.9 Å². The quantitative estimate of drug-likeness (QED) is 0.648. The van der Waals surface area contributed by atoms with Crippen molar-refractivity contribution in [2.45, 2.75) is 26.2 Å². The molecular formula is C20H23N3O4. The van der Waals surface area contributed by atoms with Crippen LogP contribution in [0.5, 0.6) is 0 Å². The summed E-state index contributed by atoms with van der Waals surface area (Å²) in [6, 6.07) is 9.16. The molecule has 0 saturated carbocycles. The zero-order chi connectivity index (χ0) is 19.4. The van der Waals surface area contributed by atoms with Gasteiger partial charge in [0.2, 0.25) is 0 Å². The molecule has 0 bridgehead atoms. The molecule has 1 aromatic heterocycles. The van der Waals surface area contributed by atoms with Gasteiger partial charge in [-0.2, -0.15) is 0 Å². The summed E-state index contributed by atoms with van der Waals surface area (Å²) < 4.78 is 8.27. The van der Waals surface area contributed by atoms with Gasteiger partial charge in [0.05, 0.1) is 17.3 Å².